The third-order valence-electron chi connectivity index (χ3n) is 24.9. The lowest BCUT2D eigenvalue weighted by Gasteiger charge is -2.31. The van der Waals surface area contributed by atoms with E-state index in [0.717, 1.165) is 25.2 Å². The minimum atomic E-state index is -1.89. The SMILES string of the molecule is CC[C@H](C)[C@H](NC(=O)[C@H](CC(C)C)NC(=O)[C@H](CCC(N)=O)NC(=O)[C@H](C)NC(=O)[C@@H](NC(=O)[C@@H]1CCCN1C(=O)[C@H](CO)NC(=O)[C@H](Cc1cnc[nH]1)NC(=O)[C@@H]1CCCN1)[C@@H](C)O)C(=O)N[C@@H](C)C(=O)N[C@H](C(=O)N[C@@H](CC(C)C)C(=O)N[C@@H](CCCCN)C(=O)N[C@@H](CC(N)=O)C(=O)NCC(=O)N[C@@H](CCC(N)=O)C(=O)N[C@@H](CCCCN)C(=O)N[C@H](C(=O)N[C@@H](CO)C(=O)N[C@@H](CC(C)C)C(=O)O)[C@@H](C)CC)[C@@H](C)O. The Bertz CT molecular complexity index is 4660. The van der Waals surface area contributed by atoms with E-state index in [9.17, 15) is 136 Å². The summed E-state index contributed by atoms with van der Waals surface area (Å²) < 4.78 is 0. The molecule has 22 amide bonds. The van der Waals surface area contributed by atoms with Crippen LogP contribution in [0.15, 0.2) is 12.5 Å². The lowest BCUT2D eigenvalue weighted by atomic mass is 9.96. The number of carboxylic acid groups (broad SMARTS) is 1. The topological polar surface area (TPSA) is 884 Å². The normalized spacial score (nSPS) is 17.6. The number of aliphatic hydroxyl groups excluding tert-OH is 4. The zero-order chi connectivity index (χ0) is 113. The zero-order valence-electron chi connectivity index (χ0n) is 87.4. The van der Waals surface area contributed by atoms with E-state index in [1.54, 1.807) is 69.2 Å². The van der Waals surface area contributed by atoms with E-state index in [4.69, 9.17) is 28.7 Å². The molecule has 1 aromatic rings. The highest BCUT2D eigenvalue weighted by atomic mass is 16.4. The van der Waals surface area contributed by atoms with Gasteiger partial charge >= 0.3 is 5.97 Å². The predicted molar refractivity (Wildman–Crippen MR) is 534 cm³/mol. The van der Waals surface area contributed by atoms with Crippen molar-refractivity contribution in [2.24, 2.45) is 58.3 Å². The van der Waals surface area contributed by atoms with Gasteiger partial charge in [0.25, 0.3) is 0 Å². The van der Waals surface area contributed by atoms with E-state index in [0.29, 0.717) is 25.1 Å². The highest BCUT2D eigenvalue weighted by Crippen LogP contribution is 2.22. The van der Waals surface area contributed by atoms with Gasteiger partial charge in [0.2, 0.25) is 130 Å². The van der Waals surface area contributed by atoms with E-state index in [2.05, 4.69) is 111 Å². The van der Waals surface area contributed by atoms with E-state index in [-0.39, 0.29) is 115 Å². The number of imidazole rings is 1. The van der Waals surface area contributed by atoms with Crippen molar-refractivity contribution in [2.45, 2.75) is 359 Å². The fourth-order valence-corrected chi connectivity index (χ4v) is 16.0. The Hall–Kier alpha value is -13.3. The first-order chi connectivity index (χ1) is 70.1. The lowest BCUT2D eigenvalue weighted by Crippen LogP contribution is -2.62. The number of nitrogens with one attached hydrogen (secondary N) is 20. The molecule has 3 rings (SSSR count). The molecule has 2 aliphatic heterocycles. The van der Waals surface area contributed by atoms with Crippen LogP contribution in [-0.4, -0.2) is 349 Å². The summed E-state index contributed by atoms with van der Waals surface area (Å²) >= 11 is 0. The predicted octanol–water partition coefficient (Wildman–Crippen LogP) is -10.2. The number of carbonyl (C=O) groups excluding carboxylic acids is 22. The van der Waals surface area contributed by atoms with Gasteiger partial charge in [-0.05, 0) is 173 Å². The number of aromatic amines is 1. The maximum Gasteiger partial charge on any atom is 0.326 e. The van der Waals surface area contributed by atoms with Crippen molar-refractivity contribution in [2.75, 3.05) is 45.9 Å². The van der Waals surface area contributed by atoms with Crippen LogP contribution in [0.2, 0.25) is 0 Å². The number of hydrogen-bond donors (Lipinski definition) is 30. The van der Waals surface area contributed by atoms with Crippen molar-refractivity contribution >= 4 is 136 Å². The summed E-state index contributed by atoms with van der Waals surface area (Å²) in [7, 11) is 0. The number of primary amides is 3. The summed E-state index contributed by atoms with van der Waals surface area (Å²) in [6.07, 6.45) is -1.36. The number of rotatable bonds is 70. The average Bonchev–Trinajstić information content (AvgIpc) is 1.82. The van der Waals surface area contributed by atoms with Gasteiger partial charge in [0.05, 0.1) is 50.8 Å². The van der Waals surface area contributed by atoms with Crippen molar-refractivity contribution in [1.82, 2.24) is 116 Å². The summed E-state index contributed by atoms with van der Waals surface area (Å²) in [5.41, 5.74) is 28.5. The van der Waals surface area contributed by atoms with Gasteiger partial charge < -0.3 is 165 Å². The molecular weight excluding hydrogens is 1960 g/mol. The first-order valence-electron chi connectivity index (χ1n) is 50.6. The van der Waals surface area contributed by atoms with E-state index in [1.165, 1.54) is 26.4 Å². The quantitative estimate of drug-likeness (QED) is 0.0269. The van der Waals surface area contributed by atoms with Crippen LogP contribution in [0.25, 0.3) is 0 Å². The molecule has 1 aromatic heterocycles. The van der Waals surface area contributed by atoms with Crippen molar-refractivity contribution in [3.63, 3.8) is 0 Å². The minimum Gasteiger partial charge on any atom is -0.480 e. The first-order valence-corrected chi connectivity index (χ1v) is 50.6. The Morgan fingerprint density at radius 2 is 0.792 bits per heavy atom. The van der Waals surface area contributed by atoms with Crippen LogP contribution >= 0.6 is 0 Å². The van der Waals surface area contributed by atoms with E-state index < -0.39 is 333 Å². The zero-order valence-corrected chi connectivity index (χ0v) is 87.4. The Morgan fingerprint density at radius 1 is 0.403 bits per heavy atom. The molecule has 840 valence electrons. The Morgan fingerprint density at radius 3 is 1.24 bits per heavy atom. The van der Waals surface area contributed by atoms with Crippen LogP contribution in [0, 0.1) is 29.6 Å². The first kappa shape index (κ1) is 130. The summed E-state index contributed by atoms with van der Waals surface area (Å²) in [6, 6.07) is -29.0. The Balaban J connectivity index is 1.80. The third-order valence-corrected chi connectivity index (χ3v) is 24.9. The lowest BCUT2D eigenvalue weighted by molar-refractivity contribution is -0.144. The smallest absolute Gasteiger partial charge is 0.326 e. The number of carbonyl (C=O) groups is 23. The van der Waals surface area contributed by atoms with Gasteiger partial charge in [-0.25, -0.2) is 9.78 Å². The van der Waals surface area contributed by atoms with Crippen LogP contribution in [0.1, 0.15) is 231 Å². The highest BCUT2D eigenvalue weighted by molar-refractivity contribution is 6.03. The fraction of sp³-hybridized carbons (Fsp3) is 0.723. The monoisotopic (exact) mass is 2120 g/mol. The summed E-state index contributed by atoms with van der Waals surface area (Å²) in [6.45, 7) is 19.1. The van der Waals surface area contributed by atoms with Crippen molar-refractivity contribution in [1.29, 1.82) is 0 Å². The molecule has 0 saturated carbocycles. The second-order valence-corrected chi connectivity index (χ2v) is 39.1. The molecule has 0 radical (unpaired) electrons. The number of aliphatic hydroxyl groups is 4. The third kappa shape index (κ3) is 45.8. The molecule has 2 fully saturated rings. The van der Waals surface area contributed by atoms with Crippen LogP contribution in [0.4, 0.5) is 0 Å². The molecule has 0 aromatic carbocycles. The Kier molecular flexibility index (Phi) is 57.7. The van der Waals surface area contributed by atoms with Crippen LogP contribution in [0.3, 0.4) is 0 Å². The van der Waals surface area contributed by atoms with Gasteiger partial charge in [-0.2, -0.15) is 0 Å². The number of hydrogen-bond acceptors (Lipinski definition) is 31. The molecule has 2 saturated heterocycles. The number of aromatic nitrogens is 2. The molecule has 35 N–H and O–H groups in total. The van der Waals surface area contributed by atoms with E-state index >= 15 is 0 Å². The second kappa shape index (κ2) is 66.2. The maximum atomic E-state index is 14.5. The molecule has 55 heteroatoms. The van der Waals surface area contributed by atoms with Crippen molar-refractivity contribution in [3.8, 4) is 0 Å². The molecule has 0 unspecified atom stereocenters. The number of aliphatic carboxylic acids is 1. The average molecular weight is 2120 g/mol. The summed E-state index contributed by atoms with van der Waals surface area (Å²) in [5, 5.41) is 99.4. The summed E-state index contributed by atoms with van der Waals surface area (Å²) in [4.78, 5) is 324. The molecule has 23 atom stereocenters. The van der Waals surface area contributed by atoms with Crippen LogP contribution in [0.5, 0.6) is 0 Å². The van der Waals surface area contributed by atoms with Crippen molar-refractivity contribution in [3.05, 3.63) is 18.2 Å². The number of H-pyrrole nitrogens is 1. The molecule has 149 heavy (non-hydrogen) atoms. The molecule has 2 aliphatic rings. The number of amides is 22. The molecular formula is C94H161N27O28. The number of nitrogens with two attached hydrogens (primary N) is 5. The van der Waals surface area contributed by atoms with Gasteiger partial charge in [0.15, 0.2) is 0 Å². The molecule has 0 bridgehead atoms. The maximum absolute atomic E-state index is 14.5. The Labute approximate surface area is 865 Å². The standard InChI is InChI=1S/C94H161N27O28/c1-15-48(9)72(118-86(140)61(36-46(5)6)110-82(136)59(28-30-69(98)127)107-76(130)50(11)105-91(145)74(52(13)124)120-88(142)67-26-22-34-121(67)93(147)66(43-123)116-85(139)62(38-54-40-100-44-103-54)111-79(133)55-25-21-33-101-55)89(143)104-51(12)77(131)119-75(53(14)125)92(146)113-60(35-45(3)4)84(138)109-56(23-17-19-31-95)80(134)112-63(39-70(99)128)78(132)102-41-71(129)106-58(27-29-68(97)126)81(135)108-57(24-18-20-32-96)83(137)117-73(49(10)16-2)90(144)115-65(42-122)87(141)114-64(94(148)149)37-47(7)8/h40,44-53,55-67,72-75,101,122-125H,15-39,41-43,95-96H2,1-14H3,(H2,97,126)(H2,98,127)(H2,99,128)(H,100,103)(H,102,132)(H,104,143)(H,105,145)(H,106,129)(H,107,130)(H,108,135)(H,109,138)(H,110,136)(H,111,133)(H,112,134)(H,113,146)(H,114,141)(H,115,144)(H,116,139)(H,117,137)(H,118,140)(H,119,131)(H,120,142)(H,148,149)/t48-,49-,50-,51-,52+,53+,55-,56-,57-,58-,59-,60-,61-,62-,63-,64-,65-,66-,67-,72-,73-,74-,75-/m0/s1. The van der Waals surface area contributed by atoms with Crippen LogP contribution in [-0.2, 0) is 117 Å². The fourth-order valence-electron chi connectivity index (χ4n) is 16.0. The van der Waals surface area contributed by atoms with Gasteiger partial charge in [-0.3, -0.25) is 105 Å². The van der Waals surface area contributed by atoms with Crippen LogP contribution < -0.4 is 130 Å². The number of likely N-dealkylation sites (tertiary alicyclic amines) is 1. The second-order valence-electron chi connectivity index (χ2n) is 39.1. The minimum absolute atomic E-state index is 0.00975. The van der Waals surface area contributed by atoms with Gasteiger partial charge in [0.1, 0.15) is 109 Å². The molecule has 55 nitrogen and oxygen atoms in total. The highest BCUT2D eigenvalue weighted by Gasteiger charge is 2.45. The summed E-state index contributed by atoms with van der Waals surface area (Å²) in [5.74, 6) is -25.9. The number of nitrogens with zero attached hydrogens (tertiary/aromatic N) is 2. The van der Waals surface area contributed by atoms with Gasteiger partial charge in [-0.1, -0.05) is 82.1 Å². The molecule has 3 heterocycles. The van der Waals surface area contributed by atoms with Crippen molar-refractivity contribution < 1.29 is 136 Å². The van der Waals surface area contributed by atoms with E-state index in [1.807, 2.05) is 0 Å². The number of unbranched alkanes of at least 4 members (excludes halogenated alkanes) is 2. The van der Waals surface area contributed by atoms with Gasteiger partial charge in [-0.15, -0.1) is 0 Å². The molecule has 0 aliphatic carbocycles. The van der Waals surface area contributed by atoms with Gasteiger partial charge in [0, 0.05) is 37.7 Å². The largest absolute Gasteiger partial charge is 0.480 e. The molecule has 0 spiro atoms. The number of carboxylic acids is 1.